The van der Waals surface area contributed by atoms with Crippen molar-refractivity contribution in [2.45, 2.75) is 37.8 Å². The quantitative estimate of drug-likeness (QED) is 0.453. The van der Waals surface area contributed by atoms with Crippen LogP contribution in [0.25, 0.3) is 0 Å². The van der Waals surface area contributed by atoms with Gasteiger partial charge in [0.25, 0.3) is 0 Å². The Morgan fingerprint density at radius 3 is 1.67 bits per heavy atom. The van der Waals surface area contributed by atoms with Crippen molar-refractivity contribution in [2.24, 2.45) is 9.98 Å². The lowest BCUT2D eigenvalue weighted by Gasteiger charge is -2.22. The molecule has 0 bridgehead atoms. The SMILES string of the molecule is O=C=N[C@@H]1CCCC[C@H]1N=C=O. The minimum atomic E-state index is -0.141. The van der Waals surface area contributed by atoms with E-state index < -0.39 is 0 Å². The third kappa shape index (κ3) is 2.12. The Morgan fingerprint density at radius 1 is 0.917 bits per heavy atom. The van der Waals surface area contributed by atoms with Crippen molar-refractivity contribution in [1.82, 2.24) is 0 Å². The molecule has 1 saturated carbocycles. The summed E-state index contributed by atoms with van der Waals surface area (Å²) in [5.74, 6) is 0. The van der Waals surface area contributed by atoms with E-state index in [4.69, 9.17) is 0 Å². The first-order valence-corrected chi connectivity index (χ1v) is 4.02. The van der Waals surface area contributed by atoms with E-state index in [1.165, 1.54) is 12.2 Å². The average molecular weight is 166 g/mol. The van der Waals surface area contributed by atoms with Gasteiger partial charge in [-0.25, -0.2) is 19.6 Å². The van der Waals surface area contributed by atoms with Crippen molar-refractivity contribution in [3.8, 4) is 0 Å². The minimum Gasteiger partial charge on any atom is -0.211 e. The summed E-state index contributed by atoms with van der Waals surface area (Å²) < 4.78 is 0. The molecule has 0 aromatic rings. The highest BCUT2D eigenvalue weighted by Gasteiger charge is 2.23. The van der Waals surface area contributed by atoms with E-state index in [0.717, 1.165) is 25.7 Å². The van der Waals surface area contributed by atoms with Crippen LogP contribution in [0.1, 0.15) is 25.7 Å². The average Bonchev–Trinajstić information content (AvgIpc) is 2.09. The molecule has 1 rings (SSSR count). The van der Waals surface area contributed by atoms with Crippen molar-refractivity contribution < 1.29 is 9.59 Å². The van der Waals surface area contributed by atoms with Crippen LogP contribution < -0.4 is 0 Å². The predicted octanol–water partition coefficient (Wildman–Crippen LogP) is 0.969. The van der Waals surface area contributed by atoms with Crippen molar-refractivity contribution in [3.05, 3.63) is 0 Å². The van der Waals surface area contributed by atoms with Crippen molar-refractivity contribution in [2.75, 3.05) is 0 Å². The molecule has 64 valence electrons. The van der Waals surface area contributed by atoms with Gasteiger partial charge in [0, 0.05) is 0 Å². The van der Waals surface area contributed by atoms with E-state index in [-0.39, 0.29) is 12.1 Å². The first-order valence-electron chi connectivity index (χ1n) is 4.02. The molecule has 0 aromatic heterocycles. The van der Waals surface area contributed by atoms with Gasteiger partial charge in [-0.15, -0.1) is 0 Å². The molecule has 0 aromatic carbocycles. The molecule has 0 N–H and O–H groups in total. The molecule has 0 aliphatic heterocycles. The summed E-state index contributed by atoms with van der Waals surface area (Å²) >= 11 is 0. The van der Waals surface area contributed by atoms with Crippen LogP contribution in [0, 0.1) is 0 Å². The molecule has 0 saturated heterocycles. The Bertz CT molecular complexity index is 213. The van der Waals surface area contributed by atoms with Crippen LogP contribution in [0.15, 0.2) is 9.98 Å². The molecule has 0 heterocycles. The fourth-order valence-corrected chi connectivity index (χ4v) is 1.53. The molecule has 1 aliphatic carbocycles. The van der Waals surface area contributed by atoms with Crippen LogP contribution in [0.4, 0.5) is 0 Å². The summed E-state index contributed by atoms with van der Waals surface area (Å²) in [5.41, 5.74) is 0. The van der Waals surface area contributed by atoms with Gasteiger partial charge in [0.1, 0.15) is 0 Å². The third-order valence-electron chi connectivity index (χ3n) is 2.13. The van der Waals surface area contributed by atoms with Crippen LogP contribution in [0.3, 0.4) is 0 Å². The van der Waals surface area contributed by atoms with E-state index in [1.807, 2.05) is 0 Å². The molecule has 0 radical (unpaired) electrons. The van der Waals surface area contributed by atoms with E-state index in [0.29, 0.717) is 0 Å². The standard InChI is InChI=1S/C8H10N2O2/c11-5-9-7-3-1-2-4-8(7)10-6-12/h7-8H,1-4H2/t7-,8-/m1/s1. The van der Waals surface area contributed by atoms with E-state index in [9.17, 15) is 9.59 Å². The van der Waals surface area contributed by atoms with Gasteiger partial charge in [-0.1, -0.05) is 12.8 Å². The zero-order valence-corrected chi connectivity index (χ0v) is 6.69. The number of isocyanates is 2. The maximum Gasteiger partial charge on any atom is 0.235 e. The summed E-state index contributed by atoms with van der Waals surface area (Å²) in [6.45, 7) is 0. The zero-order valence-electron chi connectivity index (χ0n) is 6.69. The maximum atomic E-state index is 9.99. The number of nitrogens with zero attached hydrogens (tertiary/aromatic N) is 2. The predicted molar refractivity (Wildman–Crippen MR) is 42.3 cm³/mol. The summed E-state index contributed by atoms with van der Waals surface area (Å²) in [7, 11) is 0. The highest BCUT2D eigenvalue weighted by atomic mass is 16.1. The van der Waals surface area contributed by atoms with Gasteiger partial charge < -0.3 is 0 Å². The van der Waals surface area contributed by atoms with Gasteiger partial charge in [-0.05, 0) is 12.8 Å². The normalized spacial score (nSPS) is 28.3. The fraction of sp³-hybridized carbons (Fsp3) is 0.750. The van der Waals surface area contributed by atoms with E-state index >= 15 is 0 Å². The number of carbonyl (C=O) groups excluding carboxylic acids is 2. The van der Waals surface area contributed by atoms with Gasteiger partial charge in [0.05, 0.1) is 12.1 Å². The second-order valence-electron chi connectivity index (χ2n) is 2.86. The van der Waals surface area contributed by atoms with Crippen molar-refractivity contribution in [1.29, 1.82) is 0 Å². The molecule has 4 heteroatoms. The highest BCUT2D eigenvalue weighted by molar-refractivity contribution is 5.36. The van der Waals surface area contributed by atoms with Gasteiger partial charge in [0.15, 0.2) is 0 Å². The van der Waals surface area contributed by atoms with E-state index in [2.05, 4.69) is 9.98 Å². The smallest absolute Gasteiger partial charge is 0.211 e. The summed E-state index contributed by atoms with van der Waals surface area (Å²) in [6, 6.07) is -0.282. The van der Waals surface area contributed by atoms with Crippen molar-refractivity contribution in [3.63, 3.8) is 0 Å². The highest BCUT2D eigenvalue weighted by Crippen LogP contribution is 2.22. The number of aliphatic imine (C=N–C) groups is 2. The molecule has 0 amide bonds. The second kappa shape index (κ2) is 4.60. The summed E-state index contributed by atoms with van der Waals surface area (Å²) in [6.07, 6.45) is 6.76. The lowest BCUT2D eigenvalue weighted by molar-refractivity contribution is 0.384. The fourth-order valence-electron chi connectivity index (χ4n) is 1.53. The number of rotatable bonds is 2. The molecule has 0 unspecified atom stereocenters. The molecule has 1 aliphatic rings. The van der Waals surface area contributed by atoms with Gasteiger partial charge in [-0.2, -0.15) is 0 Å². The first kappa shape index (κ1) is 8.85. The Hall–Kier alpha value is -1.24. The molecular weight excluding hydrogens is 156 g/mol. The lowest BCUT2D eigenvalue weighted by Crippen LogP contribution is -2.26. The van der Waals surface area contributed by atoms with Crippen molar-refractivity contribution >= 4 is 12.2 Å². The Kier molecular flexibility index (Phi) is 3.39. The summed E-state index contributed by atoms with van der Waals surface area (Å²) in [4.78, 5) is 27.2. The molecule has 1 fully saturated rings. The molecular formula is C8H10N2O2. The Labute approximate surface area is 70.4 Å². The topological polar surface area (TPSA) is 58.9 Å². The van der Waals surface area contributed by atoms with Crippen LogP contribution in [0.5, 0.6) is 0 Å². The van der Waals surface area contributed by atoms with Crippen LogP contribution >= 0.6 is 0 Å². The zero-order chi connectivity index (χ0) is 8.81. The molecule has 2 atom stereocenters. The Balaban J connectivity index is 2.65. The lowest BCUT2D eigenvalue weighted by atomic mass is 9.91. The Morgan fingerprint density at radius 2 is 1.33 bits per heavy atom. The first-order chi connectivity index (χ1) is 5.88. The van der Waals surface area contributed by atoms with Crippen LogP contribution in [-0.2, 0) is 9.59 Å². The second-order valence-corrected chi connectivity index (χ2v) is 2.86. The van der Waals surface area contributed by atoms with Gasteiger partial charge >= 0.3 is 0 Å². The molecule has 4 nitrogen and oxygen atoms in total. The summed E-state index contributed by atoms with van der Waals surface area (Å²) in [5, 5.41) is 0. The van der Waals surface area contributed by atoms with Gasteiger partial charge in [0.2, 0.25) is 12.2 Å². The monoisotopic (exact) mass is 166 g/mol. The molecule has 12 heavy (non-hydrogen) atoms. The molecule has 0 spiro atoms. The number of hydrogen-bond donors (Lipinski definition) is 0. The van der Waals surface area contributed by atoms with E-state index in [1.54, 1.807) is 0 Å². The maximum absolute atomic E-state index is 9.99. The van der Waals surface area contributed by atoms with Crippen LogP contribution in [0.2, 0.25) is 0 Å². The number of hydrogen-bond acceptors (Lipinski definition) is 4. The third-order valence-corrected chi connectivity index (χ3v) is 2.13. The van der Waals surface area contributed by atoms with Gasteiger partial charge in [-0.3, -0.25) is 0 Å². The largest absolute Gasteiger partial charge is 0.235 e. The minimum absolute atomic E-state index is 0.141. The van der Waals surface area contributed by atoms with Crippen LogP contribution in [-0.4, -0.2) is 24.2 Å².